The number of likely N-dealkylation sites (tertiary alicyclic amines) is 1. The molecule has 0 radical (unpaired) electrons. The number of nitrogens with zero attached hydrogens (tertiary/aromatic N) is 3. The van der Waals surface area contributed by atoms with E-state index in [2.05, 4.69) is 20.4 Å². The summed E-state index contributed by atoms with van der Waals surface area (Å²) in [6.07, 6.45) is 3.56. The number of ether oxygens (including phenoxy) is 1. The van der Waals surface area contributed by atoms with Crippen LogP contribution < -0.4 is 5.32 Å². The molecular weight excluding hydrogens is 444 g/mol. The maximum Gasteiger partial charge on any atom is 0.338 e. The van der Waals surface area contributed by atoms with E-state index in [0.29, 0.717) is 42.7 Å². The molecule has 8 heteroatoms. The molecule has 1 aliphatic heterocycles. The first-order valence-electron chi connectivity index (χ1n) is 12.2. The van der Waals surface area contributed by atoms with E-state index in [4.69, 9.17) is 9.26 Å². The number of hydrogen-bond acceptors (Lipinski definition) is 7. The molecule has 2 aromatic carbocycles. The van der Waals surface area contributed by atoms with E-state index in [1.165, 1.54) is 0 Å². The molecule has 1 aromatic heterocycles. The number of anilines is 1. The summed E-state index contributed by atoms with van der Waals surface area (Å²) in [5.74, 6) is 0.624. The molecule has 8 nitrogen and oxygen atoms in total. The van der Waals surface area contributed by atoms with Gasteiger partial charge in [0.15, 0.2) is 0 Å². The Morgan fingerprint density at radius 1 is 1.17 bits per heavy atom. The van der Waals surface area contributed by atoms with Gasteiger partial charge in [0, 0.05) is 17.8 Å². The van der Waals surface area contributed by atoms with Crippen molar-refractivity contribution in [1.82, 2.24) is 15.0 Å². The minimum atomic E-state index is -0.342. The lowest BCUT2D eigenvalue weighted by molar-refractivity contribution is -0.121. The van der Waals surface area contributed by atoms with E-state index in [9.17, 15) is 9.59 Å². The SMILES string of the molecule is CCCCOC(=O)c1ccc(NC(=O)C2CCCN(Cc3nc(-c4ccccc4C)no3)C2)cc1. The fourth-order valence-corrected chi connectivity index (χ4v) is 4.18. The number of esters is 1. The highest BCUT2D eigenvalue weighted by Crippen LogP contribution is 2.23. The second-order valence-corrected chi connectivity index (χ2v) is 8.96. The van der Waals surface area contributed by atoms with Crippen LogP contribution >= 0.6 is 0 Å². The largest absolute Gasteiger partial charge is 0.462 e. The zero-order valence-corrected chi connectivity index (χ0v) is 20.3. The van der Waals surface area contributed by atoms with E-state index in [1.54, 1.807) is 24.3 Å². The number of unbranched alkanes of at least 4 members (excludes halogenated alkanes) is 1. The minimum Gasteiger partial charge on any atom is -0.462 e. The summed E-state index contributed by atoms with van der Waals surface area (Å²) in [5, 5.41) is 7.12. The molecule has 0 aliphatic carbocycles. The maximum atomic E-state index is 12.9. The number of aryl methyl sites for hydroxylation is 1. The van der Waals surface area contributed by atoms with Gasteiger partial charge in [-0.05, 0) is 62.6 Å². The van der Waals surface area contributed by atoms with Crippen LogP contribution in [0.4, 0.5) is 5.69 Å². The van der Waals surface area contributed by atoms with Crippen LogP contribution in [0.5, 0.6) is 0 Å². The first kappa shape index (κ1) is 24.6. The molecule has 0 saturated carbocycles. The van der Waals surface area contributed by atoms with Crippen molar-refractivity contribution in [3.05, 3.63) is 65.5 Å². The monoisotopic (exact) mass is 476 g/mol. The van der Waals surface area contributed by atoms with Gasteiger partial charge in [-0.2, -0.15) is 4.98 Å². The molecule has 1 saturated heterocycles. The van der Waals surface area contributed by atoms with Gasteiger partial charge in [-0.15, -0.1) is 0 Å². The molecule has 1 unspecified atom stereocenters. The number of benzene rings is 2. The van der Waals surface area contributed by atoms with Gasteiger partial charge in [-0.1, -0.05) is 42.8 Å². The highest BCUT2D eigenvalue weighted by Gasteiger charge is 2.27. The third-order valence-corrected chi connectivity index (χ3v) is 6.21. The van der Waals surface area contributed by atoms with Crippen molar-refractivity contribution in [2.75, 3.05) is 25.0 Å². The number of hydrogen-bond donors (Lipinski definition) is 1. The zero-order chi connectivity index (χ0) is 24.6. The van der Waals surface area contributed by atoms with Gasteiger partial charge in [0.05, 0.1) is 24.6 Å². The quantitative estimate of drug-likeness (QED) is 0.348. The second kappa shape index (κ2) is 11.8. The number of rotatable bonds is 9. The van der Waals surface area contributed by atoms with Crippen molar-refractivity contribution >= 4 is 17.6 Å². The molecule has 1 aliphatic rings. The first-order chi connectivity index (χ1) is 17.0. The highest BCUT2D eigenvalue weighted by molar-refractivity contribution is 5.94. The van der Waals surface area contributed by atoms with Crippen LogP contribution in [0.25, 0.3) is 11.4 Å². The van der Waals surface area contributed by atoms with Gasteiger partial charge < -0.3 is 14.6 Å². The van der Waals surface area contributed by atoms with Gasteiger partial charge >= 0.3 is 5.97 Å². The van der Waals surface area contributed by atoms with E-state index >= 15 is 0 Å². The summed E-state index contributed by atoms with van der Waals surface area (Å²) in [7, 11) is 0. The molecule has 3 aromatic rings. The van der Waals surface area contributed by atoms with Crippen LogP contribution in [-0.2, 0) is 16.1 Å². The average molecular weight is 477 g/mol. The molecule has 1 amide bonds. The van der Waals surface area contributed by atoms with Crippen LogP contribution in [0.15, 0.2) is 53.1 Å². The lowest BCUT2D eigenvalue weighted by Gasteiger charge is -2.30. The molecule has 4 rings (SSSR count). The summed E-state index contributed by atoms with van der Waals surface area (Å²) in [5.41, 5.74) is 3.19. The molecule has 1 N–H and O–H groups in total. The fraction of sp³-hybridized carbons (Fsp3) is 0.407. The van der Waals surface area contributed by atoms with Crippen LogP contribution in [0.3, 0.4) is 0 Å². The highest BCUT2D eigenvalue weighted by atomic mass is 16.5. The van der Waals surface area contributed by atoms with Gasteiger partial charge in [0.1, 0.15) is 0 Å². The van der Waals surface area contributed by atoms with Crippen molar-refractivity contribution in [2.24, 2.45) is 5.92 Å². The Balaban J connectivity index is 1.30. The predicted molar refractivity (Wildman–Crippen MR) is 133 cm³/mol. The Morgan fingerprint density at radius 3 is 2.74 bits per heavy atom. The Hall–Kier alpha value is -3.52. The number of amides is 1. The molecule has 184 valence electrons. The predicted octanol–water partition coefficient (Wildman–Crippen LogP) is 4.85. The van der Waals surface area contributed by atoms with E-state index in [-0.39, 0.29) is 17.8 Å². The molecule has 0 bridgehead atoms. The summed E-state index contributed by atoms with van der Waals surface area (Å²) in [6, 6.07) is 14.8. The van der Waals surface area contributed by atoms with E-state index in [1.807, 2.05) is 38.1 Å². The zero-order valence-electron chi connectivity index (χ0n) is 20.3. The molecule has 35 heavy (non-hydrogen) atoms. The van der Waals surface area contributed by atoms with Crippen LogP contribution in [-0.4, -0.2) is 46.6 Å². The molecule has 1 fully saturated rings. The fourth-order valence-electron chi connectivity index (χ4n) is 4.18. The van der Waals surface area contributed by atoms with Crippen molar-refractivity contribution in [1.29, 1.82) is 0 Å². The Labute approximate surface area is 205 Å². The van der Waals surface area contributed by atoms with Gasteiger partial charge in [0.2, 0.25) is 17.6 Å². The van der Waals surface area contributed by atoms with Gasteiger partial charge in [0.25, 0.3) is 0 Å². The summed E-state index contributed by atoms with van der Waals surface area (Å²) in [4.78, 5) is 31.7. The topological polar surface area (TPSA) is 97.6 Å². The maximum absolute atomic E-state index is 12.9. The average Bonchev–Trinajstić information content (AvgIpc) is 3.33. The van der Waals surface area contributed by atoms with Gasteiger partial charge in [-0.3, -0.25) is 9.69 Å². The Kier molecular flexibility index (Phi) is 8.26. The van der Waals surface area contributed by atoms with Crippen molar-refractivity contribution in [3.63, 3.8) is 0 Å². The standard InChI is InChI=1S/C27H32N4O4/c1-3-4-16-34-27(33)20-11-13-22(14-12-20)28-26(32)21-9-7-15-31(17-21)18-24-29-25(30-35-24)23-10-6-5-8-19(23)2/h5-6,8,10-14,21H,3-4,7,9,15-18H2,1-2H3,(H,28,32). The van der Waals surface area contributed by atoms with E-state index in [0.717, 1.165) is 43.4 Å². The molecule has 1 atom stereocenters. The van der Waals surface area contributed by atoms with Crippen molar-refractivity contribution in [2.45, 2.75) is 46.1 Å². The number of carbonyl (C=O) groups is 2. The Bertz CT molecular complexity index is 1140. The van der Waals surface area contributed by atoms with Crippen molar-refractivity contribution in [3.8, 4) is 11.4 Å². The third kappa shape index (κ3) is 6.54. The minimum absolute atomic E-state index is 0.0286. The van der Waals surface area contributed by atoms with Gasteiger partial charge in [-0.25, -0.2) is 4.79 Å². The number of piperidine rings is 1. The number of carbonyl (C=O) groups excluding carboxylic acids is 2. The molecular formula is C27H32N4O4. The lowest BCUT2D eigenvalue weighted by atomic mass is 9.97. The number of aromatic nitrogens is 2. The summed E-state index contributed by atoms with van der Waals surface area (Å²) >= 11 is 0. The summed E-state index contributed by atoms with van der Waals surface area (Å²) < 4.78 is 10.7. The lowest BCUT2D eigenvalue weighted by Crippen LogP contribution is -2.40. The smallest absolute Gasteiger partial charge is 0.338 e. The Morgan fingerprint density at radius 2 is 1.97 bits per heavy atom. The van der Waals surface area contributed by atoms with Crippen LogP contribution in [0, 0.1) is 12.8 Å². The summed E-state index contributed by atoms with van der Waals surface area (Å²) in [6.45, 7) is 6.49. The van der Waals surface area contributed by atoms with E-state index < -0.39 is 0 Å². The third-order valence-electron chi connectivity index (χ3n) is 6.21. The van der Waals surface area contributed by atoms with Crippen molar-refractivity contribution < 1.29 is 18.8 Å². The normalized spacial score (nSPS) is 16.1. The second-order valence-electron chi connectivity index (χ2n) is 8.96. The van der Waals surface area contributed by atoms with Crippen LogP contribution in [0.2, 0.25) is 0 Å². The molecule has 0 spiro atoms. The first-order valence-corrected chi connectivity index (χ1v) is 12.2. The molecule has 2 heterocycles. The number of nitrogens with one attached hydrogen (secondary N) is 1. The van der Waals surface area contributed by atoms with Crippen LogP contribution in [0.1, 0.15) is 54.4 Å².